The van der Waals surface area contributed by atoms with Crippen LogP contribution in [0.4, 0.5) is 0 Å². The maximum absolute atomic E-state index is 5.83. The van der Waals surface area contributed by atoms with Crippen LogP contribution in [0.25, 0.3) is 28.1 Å². The highest BCUT2D eigenvalue weighted by Gasteiger charge is 2.13. The largest absolute Gasteiger partial charge is 0.475 e. The molecule has 0 aliphatic carbocycles. The zero-order valence-corrected chi connectivity index (χ0v) is 12.5. The van der Waals surface area contributed by atoms with Gasteiger partial charge >= 0.3 is 0 Å². The van der Waals surface area contributed by atoms with Crippen molar-refractivity contribution in [2.75, 3.05) is 6.61 Å². The standard InChI is InChI=1S/C16H15N5O2/c1-10(17)9-22-16-3-2-15-19-7-12(21(15)20-16)13-6-11-4-5-18-8-14(11)23-13/h2-8,10H,9,17H2,1H3/t10-/m0/s1. The fourth-order valence-electron chi connectivity index (χ4n) is 2.33. The molecule has 4 aromatic rings. The highest BCUT2D eigenvalue weighted by molar-refractivity contribution is 5.81. The smallest absolute Gasteiger partial charge is 0.231 e. The van der Waals surface area contributed by atoms with Crippen LogP contribution in [0.1, 0.15) is 6.92 Å². The molecule has 4 aromatic heterocycles. The van der Waals surface area contributed by atoms with Crippen molar-refractivity contribution in [3.63, 3.8) is 0 Å². The molecule has 0 aliphatic rings. The lowest BCUT2D eigenvalue weighted by Gasteiger charge is -2.08. The number of aromatic nitrogens is 4. The van der Waals surface area contributed by atoms with Crippen LogP contribution in [0.5, 0.6) is 5.88 Å². The van der Waals surface area contributed by atoms with Gasteiger partial charge < -0.3 is 14.9 Å². The first-order chi connectivity index (χ1) is 11.2. The fourth-order valence-corrected chi connectivity index (χ4v) is 2.33. The van der Waals surface area contributed by atoms with Gasteiger partial charge in [0.05, 0.1) is 12.4 Å². The molecule has 23 heavy (non-hydrogen) atoms. The minimum absolute atomic E-state index is 0.0578. The van der Waals surface area contributed by atoms with E-state index >= 15 is 0 Å². The maximum atomic E-state index is 5.83. The predicted molar refractivity (Wildman–Crippen MR) is 85.1 cm³/mol. The molecule has 0 spiro atoms. The minimum Gasteiger partial charge on any atom is -0.475 e. The number of pyridine rings is 1. The van der Waals surface area contributed by atoms with Gasteiger partial charge in [-0.15, -0.1) is 5.10 Å². The van der Waals surface area contributed by atoms with E-state index in [0.29, 0.717) is 23.9 Å². The lowest BCUT2D eigenvalue weighted by Crippen LogP contribution is -2.24. The second-order valence-electron chi connectivity index (χ2n) is 5.40. The molecule has 7 nitrogen and oxygen atoms in total. The van der Waals surface area contributed by atoms with Gasteiger partial charge in [0.15, 0.2) is 17.0 Å². The number of nitrogens with zero attached hydrogens (tertiary/aromatic N) is 4. The summed E-state index contributed by atoms with van der Waals surface area (Å²) in [4.78, 5) is 8.41. The average Bonchev–Trinajstić information content (AvgIpc) is 3.15. The molecule has 1 atom stereocenters. The molecule has 0 aromatic carbocycles. The Kier molecular flexibility index (Phi) is 3.20. The first kappa shape index (κ1) is 13.7. The zero-order valence-electron chi connectivity index (χ0n) is 12.5. The maximum Gasteiger partial charge on any atom is 0.231 e. The number of ether oxygens (including phenoxy) is 1. The highest BCUT2D eigenvalue weighted by atomic mass is 16.5. The number of rotatable bonds is 4. The van der Waals surface area contributed by atoms with Crippen molar-refractivity contribution in [1.82, 2.24) is 19.6 Å². The van der Waals surface area contributed by atoms with Crippen LogP contribution in [0.15, 0.2) is 47.3 Å². The van der Waals surface area contributed by atoms with Gasteiger partial charge in [-0.25, -0.2) is 9.50 Å². The molecule has 116 valence electrons. The summed E-state index contributed by atoms with van der Waals surface area (Å²) in [5.74, 6) is 1.17. The van der Waals surface area contributed by atoms with Gasteiger partial charge in [0, 0.05) is 23.7 Å². The van der Waals surface area contributed by atoms with Crippen LogP contribution in [0, 0.1) is 0 Å². The van der Waals surface area contributed by atoms with Crippen molar-refractivity contribution in [1.29, 1.82) is 0 Å². The summed E-state index contributed by atoms with van der Waals surface area (Å²) in [7, 11) is 0. The lowest BCUT2D eigenvalue weighted by atomic mass is 10.3. The summed E-state index contributed by atoms with van der Waals surface area (Å²) in [6.45, 7) is 2.28. The molecular formula is C16H15N5O2. The summed E-state index contributed by atoms with van der Waals surface area (Å²) in [5.41, 5.74) is 7.89. The van der Waals surface area contributed by atoms with Crippen LogP contribution in [-0.4, -0.2) is 32.2 Å². The Bertz CT molecular complexity index is 940. The van der Waals surface area contributed by atoms with E-state index in [2.05, 4.69) is 15.1 Å². The van der Waals surface area contributed by atoms with Crippen LogP contribution in [0.2, 0.25) is 0 Å². The predicted octanol–water partition coefficient (Wildman–Crippen LogP) is 2.26. The zero-order chi connectivity index (χ0) is 15.8. The van der Waals surface area contributed by atoms with Crippen LogP contribution in [-0.2, 0) is 0 Å². The van der Waals surface area contributed by atoms with Crippen LogP contribution < -0.4 is 10.5 Å². The average molecular weight is 309 g/mol. The Morgan fingerprint density at radius 2 is 2.22 bits per heavy atom. The number of imidazole rings is 1. The minimum atomic E-state index is -0.0578. The van der Waals surface area contributed by atoms with Gasteiger partial charge in [-0.2, -0.15) is 0 Å². The summed E-state index contributed by atoms with van der Waals surface area (Å²) in [5, 5.41) is 5.44. The SMILES string of the molecule is C[C@H](N)COc1ccc2ncc(-c3cc4ccncc4o3)n2n1. The molecule has 0 radical (unpaired) electrons. The highest BCUT2D eigenvalue weighted by Crippen LogP contribution is 2.27. The number of fused-ring (bicyclic) bond motifs is 2. The Morgan fingerprint density at radius 3 is 3.04 bits per heavy atom. The second kappa shape index (κ2) is 5.36. The monoisotopic (exact) mass is 309 g/mol. The number of furan rings is 1. The summed E-state index contributed by atoms with van der Waals surface area (Å²) >= 11 is 0. The van der Waals surface area contributed by atoms with Crippen molar-refractivity contribution >= 4 is 16.6 Å². The third-order valence-electron chi connectivity index (χ3n) is 3.41. The molecule has 4 rings (SSSR count). The summed E-state index contributed by atoms with van der Waals surface area (Å²) in [6, 6.07) is 7.40. The Hall–Kier alpha value is -2.93. The van der Waals surface area contributed by atoms with Crippen molar-refractivity contribution in [2.45, 2.75) is 13.0 Å². The van der Waals surface area contributed by atoms with Crippen molar-refractivity contribution < 1.29 is 9.15 Å². The molecule has 7 heteroatoms. The molecule has 0 saturated carbocycles. The summed E-state index contributed by atoms with van der Waals surface area (Å²) < 4.78 is 13.1. The Labute approximate surface area is 131 Å². The van der Waals surface area contributed by atoms with Gasteiger partial charge in [0.25, 0.3) is 0 Å². The van der Waals surface area contributed by atoms with Gasteiger partial charge in [0.2, 0.25) is 5.88 Å². The first-order valence-electron chi connectivity index (χ1n) is 7.28. The number of hydrogen-bond acceptors (Lipinski definition) is 6. The molecule has 0 amide bonds. The molecule has 2 N–H and O–H groups in total. The van der Waals surface area contributed by atoms with Gasteiger partial charge in [-0.3, -0.25) is 4.98 Å². The van der Waals surface area contributed by atoms with Crippen LogP contribution in [0.3, 0.4) is 0 Å². The van der Waals surface area contributed by atoms with Crippen LogP contribution >= 0.6 is 0 Å². The van der Waals surface area contributed by atoms with Crippen molar-refractivity contribution in [2.24, 2.45) is 5.73 Å². The van der Waals surface area contributed by atoms with Gasteiger partial charge in [-0.1, -0.05) is 0 Å². The van der Waals surface area contributed by atoms with Crippen molar-refractivity contribution in [3.05, 3.63) is 42.9 Å². The van der Waals surface area contributed by atoms with E-state index < -0.39 is 0 Å². The van der Waals surface area contributed by atoms with E-state index in [-0.39, 0.29) is 6.04 Å². The first-order valence-corrected chi connectivity index (χ1v) is 7.28. The Morgan fingerprint density at radius 1 is 1.30 bits per heavy atom. The molecule has 0 aliphatic heterocycles. The van der Waals surface area contributed by atoms with E-state index in [4.69, 9.17) is 14.9 Å². The quantitative estimate of drug-likeness (QED) is 0.621. The Balaban J connectivity index is 1.78. The molecule has 0 saturated heterocycles. The second-order valence-corrected chi connectivity index (χ2v) is 5.40. The number of nitrogens with two attached hydrogens (primary N) is 1. The van der Waals surface area contributed by atoms with Gasteiger partial charge in [-0.05, 0) is 25.1 Å². The third kappa shape index (κ3) is 2.51. The lowest BCUT2D eigenvalue weighted by molar-refractivity contribution is 0.281. The molecule has 0 bridgehead atoms. The van der Waals surface area contributed by atoms with E-state index in [0.717, 1.165) is 16.7 Å². The van der Waals surface area contributed by atoms with E-state index in [1.165, 1.54) is 0 Å². The molecule has 4 heterocycles. The molecule has 0 fully saturated rings. The topological polar surface area (TPSA) is 91.5 Å². The molecular weight excluding hydrogens is 294 g/mol. The summed E-state index contributed by atoms with van der Waals surface area (Å²) in [6.07, 6.45) is 5.14. The van der Waals surface area contributed by atoms with Gasteiger partial charge in [0.1, 0.15) is 12.3 Å². The third-order valence-corrected chi connectivity index (χ3v) is 3.41. The van der Waals surface area contributed by atoms with E-state index in [9.17, 15) is 0 Å². The number of hydrogen-bond donors (Lipinski definition) is 1. The van der Waals surface area contributed by atoms with Crippen molar-refractivity contribution in [3.8, 4) is 17.3 Å². The molecule has 0 unspecified atom stereocenters. The van der Waals surface area contributed by atoms with E-state index in [1.807, 2.05) is 25.1 Å². The van der Waals surface area contributed by atoms with E-state index in [1.54, 1.807) is 29.2 Å². The normalized spacial score (nSPS) is 12.8. The fraction of sp³-hybridized carbons (Fsp3) is 0.188.